The van der Waals surface area contributed by atoms with Crippen LogP contribution >= 0.6 is 11.6 Å². The Balaban J connectivity index is 1.85. The van der Waals surface area contributed by atoms with E-state index in [1.165, 1.54) is 0 Å². The van der Waals surface area contributed by atoms with E-state index in [2.05, 4.69) is 4.98 Å². The highest BCUT2D eigenvalue weighted by molar-refractivity contribution is 6.33. The number of rotatable bonds is 3. The summed E-state index contributed by atoms with van der Waals surface area (Å²) in [5.74, 6) is -0.295. The molecular formula is C22H19ClFN3. The third kappa shape index (κ3) is 3.11. The van der Waals surface area contributed by atoms with Gasteiger partial charge in [0.2, 0.25) is 0 Å². The van der Waals surface area contributed by atoms with E-state index in [-0.39, 0.29) is 11.9 Å². The molecule has 0 aliphatic rings. The minimum atomic E-state index is -0.295. The van der Waals surface area contributed by atoms with E-state index in [1.54, 1.807) is 25.4 Å². The first-order chi connectivity index (χ1) is 13.0. The first kappa shape index (κ1) is 17.7. The standard InChI is InChI=1S/C22H19ClFN3/c1-13-6-8-18(23)21(22(13)24)16-4-3-5-17(10-16)27-12-26-19-11-15(14(2)25)7-9-20(19)27/h3-12,14H,25H2,1-2H3/t14-/m0/s1. The minimum absolute atomic E-state index is 0.0469. The van der Waals surface area contributed by atoms with Gasteiger partial charge in [-0.15, -0.1) is 0 Å². The van der Waals surface area contributed by atoms with Gasteiger partial charge in [-0.05, 0) is 60.9 Å². The van der Waals surface area contributed by atoms with Crippen LogP contribution in [0.3, 0.4) is 0 Å². The van der Waals surface area contributed by atoms with Gasteiger partial charge in [0.05, 0.1) is 16.1 Å². The molecule has 4 aromatic rings. The number of imidazole rings is 1. The van der Waals surface area contributed by atoms with Crippen molar-refractivity contribution in [2.45, 2.75) is 19.9 Å². The second kappa shape index (κ2) is 6.80. The highest BCUT2D eigenvalue weighted by atomic mass is 35.5. The first-order valence-electron chi connectivity index (χ1n) is 8.73. The SMILES string of the molecule is Cc1ccc(Cl)c(-c2cccc(-n3cnc4cc([C@H](C)N)ccc43)c2)c1F. The number of benzene rings is 3. The molecule has 2 N–H and O–H groups in total. The molecule has 0 fully saturated rings. The summed E-state index contributed by atoms with van der Waals surface area (Å²) in [6.07, 6.45) is 1.77. The van der Waals surface area contributed by atoms with Gasteiger partial charge < -0.3 is 5.73 Å². The van der Waals surface area contributed by atoms with Crippen LogP contribution in [-0.4, -0.2) is 9.55 Å². The van der Waals surface area contributed by atoms with E-state index >= 15 is 0 Å². The first-order valence-corrected chi connectivity index (χ1v) is 9.11. The zero-order chi connectivity index (χ0) is 19.1. The molecule has 3 aromatic carbocycles. The van der Waals surface area contributed by atoms with Crippen LogP contribution in [0.5, 0.6) is 0 Å². The Bertz CT molecular complexity index is 1150. The quantitative estimate of drug-likeness (QED) is 0.488. The van der Waals surface area contributed by atoms with Gasteiger partial charge in [0.25, 0.3) is 0 Å². The van der Waals surface area contributed by atoms with Gasteiger partial charge >= 0.3 is 0 Å². The van der Waals surface area contributed by atoms with Crippen molar-refractivity contribution in [1.29, 1.82) is 0 Å². The Kier molecular flexibility index (Phi) is 4.46. The van der Waals surface area contributed by atoms with Crippen LogP contribution in [0.1, 0.15) is 24.1 Å². The van der Waals surface area contributed by atoms with Crippen molar-refractivity contribution in [2.24, 2.45) is 5.73 Å². The lowest BCUT2D eigenvalue weighted by Crippen LogP contribution is -2.04. The molecule has 0 spiro atoms. The molecule has 0 unspecified atom stereocenters. The molecule has 136 valence electrons. The minimum Gasteiger partial charge on any atom is -0.324 e. The fourth-order valence-corrected chi connectivity index (χ4v) is 3.51. The van der Waals surface area contributed by atoms with Crippen molar-refractivity contribution in [3.05, 3.63) is 82.9 Å². The van der Waals surface area contributed by atoms with Gasteiger partial charge in [-0.25, -0.2) is 9.37 Å². The molecule has 0 amide bonds. The maximum absolute atomic E-state index is 14.7. The van der Waals surface area contributed by atoms with Crippen molar-refractivity contribution in [3.63, 3.8) is 0 Å². The summed E-state index contributed by atoms with van der Waals surface area (Å²) >= 11 is 6.28. The average molecular weight is 380 g/mol. The highest BCUT2D eigenvalue weighted by Gasteiger charge is 2.14. The lowest BCUT2D eigenvalue weighted by Gasteiger charge is -2.11. The molecule has 0 bridgehead atoms. The molecule has 27 heavy (non-hydrogen) atoms. The van der Waals surface area contributed by atoms with Crippen molar-refractivity contribution in [1.82, 2.24) is 9.55 Å². The van der Waals surface area contributed by atoms with E-state index in [4.69, 9.17) is 17.3 Å². The van der Waals surface area contributed by atoms with Gasteiger partial charge in [-0.2, -0.15) is 0 Å². The molecule has 4 rings (SSSR count). The molecule has 0 radical (unpaired) electrons. The number of nitrogens with two attached hydrogens (primary N) is 1. The molecule has 0 saturated carbocycles. The van der Waals surface area contributed by atoms with Crippen LogP contribution in [0.25, 0.3) is 27.8 Å². The fraction of sp³-hybridized carbons (Fsp3) is 0.136. The van der Waals surface area contributed by atoms with Crippen LogP contribution in [0.15, 0.2) is 60.9 Å². The molecule has 5 heteroatoms. The second-order valence-electron chi connectivity index (χ2n) is 6.75. The summed E-state index contributed by atoms with van der Waals surface area (Å²) in [5.41, 5.74) is 11.4. The van der Waals surface area contributed by atoms with E-state index in [0.717, 1.165) is 27.8 Å². The van der Waals surface area contributed by atoms with Gasteiger partial charge in [-0.1, -0.05) is 35.9 Å². The number of hydrogen-bond donors (Lipinski definition) is 1. The molecule has 3 nitrogen and oxygen atoms in total. The molecule has 1 aromatic heterocycles. The lowest BCUT2D eigenvalue weighted by atomic mass is 10.0. The summed E-state index contributed by atoms with van der Waals surface area (Å²) in [4.78, 5) is 4.50. The average Bonchev–Trinajstić information content (AvgIpc) is 3.08. The predicted molar refractivity (Wildman–Crippen MR) is 109 cm³/mol. The maximum Gasteiger partial charge on any atom is 0.135 e. The molecule has 0 saturated heterocycles. The number of halogens is 2. The van der Waals surface area contributed by atoms with Crippen LogP contribution in [0, 0.1) is 12.7 Å². The molecule has 0 aliphatic heterocycles. The summed E-state index contributed by atoms with van der Waals surface area (Å²) in [7, 11) is 0. The zero-order valence-corrected chi connectivity index (χ0v) is 15.8. The Morgan fingerprint density at radius 2 is 1.93 bits per heavy atom. The van der Waals surface area contributed by atoms with Gasteiger partial charge in [0.1, 0.15) is 12.1 Å². The second-order valence-corrected chi connectivity index (χ2v) is 7.16. The zero-order valence-electron chi connectivity index (χ0n) is 15.1. The predicted octanol–water partition coefficient (Wildman–Crippen LogP) is 5.81. The summed E-state index contributed by atoms with van der Waals surface area (Å²) in [6.45, 7) is 3.68. The van der Waals surface area contributed by atoms with Crippen molar-refractivity contribution in [2.75, 3.05) is 0 Å². The molecular weight excluding hydrogens is 361 g/mol. The third-order valence-electron chi connectivity index (χ3n) is 4.79. The third-order valence-corrected chi connectivity index (χ3v) is 5.11. The van der Waals surface area contributed by atoms with E-state index in [9.17, 15) is 4.39 Å². The van der Waals surface area contributed by atoms with Gasteiger partial charge in [0, 0.05) is 17.3 Å². The number of aryl methyl sites for hydroxylation is 1. The Hall–Kier alpha value is -2.69. The van der Waals surface area contributed by atoms with Crippen LogP contribution in [0.2, 0.25) is 5.02 Å². The molecule has 0 aliphatic carbocycles. The van der Waals surface area contributed by atoms with Crippen LogP contribution in [-0.2, 0) is 0 Å². The van der Waals surface area contributed by atoms with Crippen molar-refractivity contribution in [3.8, 4) is 16.8 Å². The largest absolute Gasteiger partial charge is 0.324 e. The topological polar surface area (TPSA) is 43.8 Å². The number of fused-ring (bicyclic) bond motifs is 1. The Labute approximate surface area is 162 Å². The van der Waals surface area contributed by atoms with Crippen molar-refractivity contribution >= 4 is 22.6 Å². The van der Waals surface area contributed by atoms with E-state index in [1.807, 2.05) is 54.0 Å². The van der Waals surface area contributed by atoms with Crippen LogP contribution in [0.4, 0.5) is 4.39 Å². The smallest absolute Gasteiger partial charge is 0.135 e. The highest BCUT2D eigenvalue weighted by Crippen LogP contribution is 2.33. The van der Waals surface area contributed by atoms with Gasteiger partial charge in [0.15, 0.2) is 0 Å². The summed E-state index contributed by atoms with van der Waals surface area (Å²) in [5, 5.41) is 0.396. The Morgan fingerprint density at radius 1 is 1.11 bits per heavy atom. The van der Waals surface area contributed by atoms with Crippen molar-refractivity contribution < 1.29 is 4.39 Å². The van der Waals surface area contributed by atoms with E-state index in [0.29, 0.717) is 16.1 Å². The lowest BCUT2D eigenvalue weighted by molar-refractivity contribution is 0.622. The molecule has 1 atom stereocenters. The normalized spacial score (nSPS) is 12.5. The molecule has 1 heterocycles. The number of aromatic nitrogens is 2. The fourth-order valence-electron chi connectivity index (χ4n) is 3.25. The monoisotopic (exact) mass is 379 g/mol. The summed E-state index contributed by atoms with van der Waals surface area (Å²) in [6, 6.07) is 17.0. The van der Waals surface area contributed by atoms with E-state index < -0.39 is 0 Å². The number of hydrogen-bond acceptors (Lipinski definition) is 2. The van der Waals surface area contributed by atoms with Crippen LogP contribution < -0.4 is 5.73 Å². The van der Waals surface area contributed by atoms with Gasteiger partial charge in [-0.3, -0.25) is 4.57 Å². The Morgan fingerprint density at radius 3 is 2.70 bits per heavy atom. The maximum atomic E-state index is 14.7. The number of nitrogens with zero attached hydrogens (tertiary/aromatic N) is 2. The summed E-state index contributed by atoms with van der Waals surface area (Å²) < 4.78 is 16.7.